The van der Waals surface area contributed by atoms with E-state index in [-0.39, 0.29) is 18.4 Å². The van der Waals surface area contributed by atoms with Crippen LogP contribution in [-0.4, -0.2) is 59.2 Å². The maximum Gasteiger partial charge on any atom is 0.325 e. The van der Waals surface area contributed by atoms with Crippen molar-refractivity contribution in [3.63, 3.8) is 0 Å². The van der Waals surface area contributed by atoms with Crippen molar-refractivity contribution in [1.29, 1.82) is 0 Å². The van der Waals surface area contributed by atoms with E-state index in [4.69, 9.17) is 11.6 Å². The molecule has 2 fully saturated rings. The second-order valence-electron chi connectivity index (χ2n) is 7.72. The molecule has 0 unspecified atom stereocenters. The molecule has 2 atom stereocenters. The molecular weight excluding hydrogens is 396 g/mol. The molecule has 1 saturated carbocycles. The molecule has 8 nitrogen and oxygen atoms in total. The van der Waals surface area contributed by atoms with Gasteiger partial charge in [0.25, 0.3) is 5.91 Å². The predicted octanol–water partition coefficient (Wildman–Crippen LogP) is 2.24. The number of urea groups is 1. The van der Waals surface area contributed by atoms with Gasteiger partial charge in [-0.15, -0.1) is 0 Å². The minimum atomic E-state index is -0.907. The zero-order valence-corrected chi connectivity index (χ0v) is 17.3. The van der Waals surface area contributed by atoms with Gasteiger partial charge in [-0.2, -0.15) is 0 Å². The number of carbonyl (C=O) groups is 4. The van der Waals surface area contributed by atoms with Crippen LogP contribution in [0.1, 0.15) is 32.6 Å². The summed E-state index contributed by atoms with van der Waals surface area (Å²) in [6.07, 6.45) is 3.32. The van der Waals surface area contributed by atoms with E-state index in [1.807, 2.05) is 6.92 Å². The standard InChI is InChI=1S/C20H25ClN4O4/c1-13-7-5-6-10-20(13)18(28)25(19(29)23-20)12-17(27)24(2)11-16(26)22-15-9-4-3-8-14(15)21/h3-4,8-9,13H,5-7,10-12H2,1-2H3,(H,22,26)(H,23,29)/t13-,20-/m0/s1. The number of anilines is 1. The summed E-state index contributed by atoms with van der Waals surface area (Å²) >= 11 is 6.01. The minimum Gasteiger partial charge on any atom is -0.335 e. The number of halogens is 1. The lowest BCUT2D eigenvalue weighted by molar-refractivity contribution is -0.140. The van der Waals surface area contributed by atoms with Crippen LogP contribution in [0.3, 0.4) is 0 Å². The van der Waals surface area contributed by atoms with Gasteiger partial charge in [-0.05, 0) is 30.9 Å². The number of rotatable bonds is 5. The molecule has 1 aliphatic carbocycles. The number of imide groups is 1. The van der Waals surface area contributed by atoms with Crippen molar-refractivity contribution in [1.82, 2.24) is 15.1 Å². The lowest BCUT2D eigenvalue weighted by atomic mass is 9.73. The van der Waals surface area contributed by atoms with Crippen LogP contribution in [0, 0.1) is 5.92 Å². The van der Waals surface area contributed by atoms with Crippen LogP contribution >= 0.6 is 11.6 Å². The Kier molecular flexibility index (Phi) is 6.12. The molecule has 1 aromatic carbocycles. The molecule has 9 heteroatoms. The van der Waals surface area contributed by atoms with Gasteiger partial charge in [-0.3, -0.25) is 19.3 Å². The third-order valence-electron chi connectivity index (χ3n) is 5.75. The Balaban J connectivity index is 1.59. The van der Waals surface area contributed by atoms with Crippen LogP contribution in [0.5, 0.6) is 0 Å². The number of hydrogen-bond acceptors (Lipinski definition) is 4. The highest BCUT2D eigenvalue weighted by Crippen LogP contribution is 2.38. The Morgan fingerprint density at radius 2 is 2.03 bits per heavy atom. The molecule has 0 radical (unpaired) electrons. The van der Waals surface area contributed by atoms with Crippen molar-refractivity contribution in [2.75, 3.05) is 25.5 Å². The number of likely N-dealkylation sites (N-methyl/N-ethyl adjacent to an activating group) is 1. The van der Waals surface area contributed by atoms with Crippen LogP contribution in [0.25, 0.3) is 0 Å². The average molecular weight is 421 g/mol. The normalized spacial score (nSPS) is 23.8. The largest absolute Gasteiger partial charge is 0.335 e. The number of benzene rings is 1. The summed E-state index contributed by atoms with van der Waals surface area (Å²) in [5.41, 5.74) is -0.461. The van der Waals surface area contributed by atoms with Crippen molar-refractivity contribution in [3.05, 3.63) is 29.3 Å². The summed E-state index contributed by atoms with van der Waals surface area (Å²) in [6.45, 7) is 1.33. The summed E-state index contributed by atoms with van der Waals surface area (Å²) in [6, 6.07) is 6.22. The van der Waals surface area contributed by atoms with Gasteiger partial charge in [0.2, 0.25) is 11.8 Å². The van der Waals surface area contributed by atoms with Crippen LogP contribution in [0.4, 0.5) is 10.5 Å². The van der Waals surface area contributed by atoms with E-state index in [0.717, 1.165) is 24.2 Å². The van der Waals surface area contributed by atoms with Gasteiger partial charge >= 0.3 is 6.03 Å². The molecule has 1 saturated heterocycles. The number of nitrogens with zero attached hydrogens (tertiary/aromatic N) is 2. The Morgan fingerprint density at radius 1 is 1.31 bits per heavy atom. The Labute approximate surface area is 174 Å². The third-order valence-corrected chi connectivity index (χ3v) is 6.08. The fraction of sp³-hybridized carbons (Fsp3) is 0.500. The van der Waals surface area contributed by atoms with Gasteiger partial charge < -0.3 is 15.5 Å². The molecular formula is C20H25ClN4O4. The number of para-hydroxylation sites is 1. The first-order valence-corrected chi connectivity index (χ1v) is 10.0. The highest BCUT2D eigenvalue weighted by molar-refractivity contribution is 6.33. The summed E-state index contributed by atoms with van der Waals surface area (Å²) in [5.74, 6) is -1.25. The maximum atomic E-state index is 12.9. The molecule has 1 spiro atoms. The predicted molar refractivity (Wildman–Crippen MR) is 108 cm³/mol. The summed E-state index contributed by atoms with van der Waals surface area (Å²) < 4.78 is 0. The van der Waals surface area contributed by atoms with E-state index in [1.165, 1.54) is 11.9 Å². The molecule has 2 N–H and O–H groups in total. The van der Waals surface area contributed by atoms with Crippen LogP contribution in [0.2, 0.25) is 5.02 Å². The van der Waals surface area contributed by atoms with Gasteiger partial charge in [0.05, 0.1) is 17.3 Å². The Bertz CT molecular complexity index is 846. The average Bonchev–Trinajstić information content (AvgIpc) is 2.91. The van der Waals surface area contributed by atoms with Gasteiger partial charge in [-0.25, -0.2) is 4.79 Å². The number of hydrogen-bond donors (Lipinski definition) is 2. The van der Waals surface area contributed by atoms with Crippen molar-refractivity contribution >= 4 is 41.0 Å². The highest BCUT2D eigenvalue weighted by Gasteiger charge is 2.55. The van der Waals surface area contributed by atoms with E-state index in [1.54, 1.807) is 24.3 Å². The summed E-state index contributed by atoms with van der Waals surface area (Å²) in [4.78, 5) is 52.2. The molecule has 0 bridgehead atoms. The van der Waals surface area contributed by atoms with Crippen LogP contribution in [-0.2, 0) is 14.4 Å². The Hall–Kier alpha value is -2.61. The smallest absolute Gasteiger partial charge is 0.325 e. The topological polar surface area (TPSA) is 98.8 Å². The fourth-order valence-electron chi connectivity index (χ4n) is 3.95. The zero-order chi connectivity index (χ0) is 21.2. The van der Waals surface area contributed by atoms with E-state index in [2.05, 4.69) is 10.6 Å². The highest BCUT2D eigenvalue weighted by atomic mass is 35.5. The van der Waals surface area contributed by atoms with E-state index >= 15 is 0 Å². The van der Waals surface area contributed by atoms with Crippen molar-refractivity contribution < 1.29 is 19.2 Å². The lowest BCUT2D eigenvalue weighted by Crippen LogP contribution is -2.54. The molecule has 5 amide bonds. The molecule has 1 heterocycles. The summed E-state index contributed by atoms with van der Waals surface area (Å²) in [7, 11) is 1.45. The van der Waals surface area contributed by atoms with Crippen LogP contribution < -0.4 is 10.6 Å². The molecule has 0 aromatic heterocycles. The van der Waals surface area contributed by atoms with Crippen molar-refractivity contribution in [3.8, 4) is 0 Å². The number of carbonyl (C=O) groups excluding carboxylic acids is 4. The van der Waals surface area contributed by atoms with Gasteiger partial charge in [-0.1, -0.05) is 43.5 Å². The Morgan fingerprint density at radius 3 is 2.72 bits per heavy atom. The van der Waals surface area contributed by atoms with Crippen molar-refractivity contribution in [2.24, 2.45) is 5.92 Å². The van der Waals surface area contributed by atoms with E-state index in [9.17, 15) is 19.2 Å². The molecule has 29 heavy (non-hydrogen) atoms. The number of amides is 5. The number of nitrogens with one attached hydrogen (secondary N) is 2. The van der Waals surface area contributed by atoms with Gasteiger partial charge in [0.15, 0.2) is 0 Å². The fourth-order valence-corrected chi connectivity index (χ4v) is 4.13. The second kappa shape index (κ2) is 8.41. The summed E-state index contributed by atoms with van der Waals surface area (Å²) in [5, 5.41) is 5.84. The molecule has 3 rings (SSSR count). The third kappa shape index (κ3) is 4.22. The minimum absolute atomic E-state index is 0.0203. The first-order chi connectivity index (χ1) is 13.7. The van der Waals surface area contributed by atoms with Crippen molar-refractivity contribution in [2.45, 2.75) is 38.1 Å². The van der Waals surface area contributed by atoms with Gasteiger partial charge in [0.1, 0.15) is 12.1 Å². The first kappa shape index (κ1) is 21.1. The maximum absolute atomic E-state index is 12.9. The van der Waals surface area contributed by atoms with Gasteiger partial charge in [0, 0.05) is 7.05 Å². The molecule has 1 aliphatic heterocycles. The van der Waals surface area contributed by atoms with E-state index < -0.39 is 29.9 Å². The van der Waals surface area contributed by atoms with E-state index in [0.29, 0.717) is 17.1 Å². The second-order valence-corrected chi connectivity index (χ2v) is 8.12. The monoisotopic (exact) mass is 420 g/mol. The SMILES string of the molecule is C[C@H]1CCCC[C@]12NC(=O)N(CC(=O)N(C)CC(=O)Nc1ccccc1Cl)C2=O. The quantitative estimate of drug-likeness (QED) is 0.713. The molecule has 156 valence electrons. The first-order valence-electron chi connectivity index (χ1n) is 9.67. The lowest BCUT2D eigenvalue weighted by Gasteiger charge is -2.36. The molecule has 1 aromatic rings. The zero-order valence-electron chi connectivity index (χ0n) is 16.5. The van der Waals surface area contributed by atoms with Crippen LogP contribution in [0.15, 0.2) is 24.3 Å². The molecule has 2 aliphatic rings.